The number of hydrogen-bond acceptors (Lipinski definition) is 6. The summed E-state index contributed by atoms with van der Waals surface area (Å²) in [5.74, 6) is 2.40. The summed E-state index contributed by atoms with van der Waals surface area (Å²) < 4.78 is 10.8. The molecular weight excluding hydrogens is 356 g/mol. The molecule has 3 rings (SSSR count). The van der Waals surface area contributed by atoms with Crippen LogP contribution in [0.1, 0.15) is 44.6 Å². The third-order valence-corrected chi connectivity index (χ3v) is 6.01. The Balaban J connectivity index is 1.58. The van der Waals surface area contributed by atoms with Crippen LogP contribution in [0.2, 0.25) is 0 Å². The normalized spacial score (nSPS) is 27.6. The zero-order valence-corrected chi connectivity index (χ0v) is 17.3. The fourth-order valence-corrected chi connectivity index (χ4v) is 4.45. The molecule has 1 aromatic carbocycles. The molecule has 1 amide bonds. The van der Waals surface area contributed by atoms with Crippen LogP contribution in [0.4, 0.5) is 0 Å². The average molecular weight is 389 g/mol. The van der Waals surface area contributed by atoms with Crippen molar-refractivity contribution in [1.29, 1.82) is 0 Å². The van der Waals surface area contributed by atoms with Gasteiger partial charge in [0.15, 0.2) is 5.96 Å². The highest BCUT2D eigenvalue weighted by Gasteiger charge is 2.44. The lowest BCUT2D eigenvalue weighted by atomic mass is 9.78. The number of amides is 1. The fraction of sp³-hybridized carbons (Fsp3) is 0.619. The van der Waals surface area contributed by atoms with E-state index in [-0.39, 0.29) is 5.91 Å². The monoisotopic (exact) mass is 388 g/mol. The summed E-state index contributed by atoms with van der Waals surface area (Å²) in [6, 6.07) is 6.32. The smallest absolute Gasteiger partial charge is 0.256 e. The first-order valence-corrected chi connectivity index (χ1v) is 9.94. The molecule has 2 aliphatic rings. The van der Waals surface area contributed by atoms with E-state index in [1.165, 1.54) is 4.90 Å². The lowest BCUT2D eigenvalue weighted by Crippen LogP contribution is -2.42. The molecule has 154 valence electrons. The summed E-state index contributed by atoms with van der Waals surface area (Å²) in [6.07, 6.45) is 5.22. The Labute approximate surface area is 167 Å². The van der Waals surface area contributed by atoms with Crippen molar-refractivity contribution in [3.05, 3.63) is 23.8 Å². The highest BCUT2D eigenvalue weighted by Crippen LogP contribution is 2.35. The maximum Gasteiger partial charge on any atom is 0.256 e. The largest absolute Gasteiger partial charge is 0.497 e. The van der Waals surface area contributed by atoms with Crippen LogP contribution in [-0.2, 0) is 11.3 Å². The van der Waals surface area contributed by atoms with Crippen molar-refractivity contribution in [1.82, 2.24) is 10.2 Å². The van der Waals surface area contributed by atoms with E-state index in [4.69, 9.17) is 15.2 Å². The summed E-state index contributed by atoms with van der Waals surface area (Å²) >= 11 is 0. The molecule has 0 saturated heterocycles. The van der Waals surface area contributed by atoms with Crippen LogP contribution in [0.3, 0.4) is 0 Å². The van der Waals surface area contributed by atoms with E-state index in [1.54, 1.807) is 21.3 Å². The second-order valence-corrected chi connectivity index (χ2v) is 8.10. The Kier molecular flexibility index (Phi) is 6.13. The number of nitrogens with zero attached hydrogens (tertiary/aromatic N) is 2. The fourth-order valence-electron chi connectivity index (χ4n) is 4.45. The van der Waals surface area contributed by atoms with Gasteiger partial charge in [0.1, 0.15) is 17.0 Å². The zero-order chi connectivity index (χ0) is 20.3. The number of nitrogens with two attached hydrogens (primary N) is 1. The lowest BCUT2D eigenvalue weighted by molar-refractivity contribution is -0.130. The molecule has 0 radical (unpaired) electrons. The summed E-state index contributed by atoms with van der Waals surface area (Å²) in [4.78, 5) is 18.4. The van der Waals surface area contributed by atoms with Gasteiger partial charge in [-0.3, -0.25) is 9.69 Å². The molecule has 1 saturated carbocycles. The number of ether oxygens (including phenoxy) is 2. The van der Waals surface area contributed by atoms with Crippen LogP contribution >= 0.6 is 0 Å². The zero-order valence-electron chi connectivity index (χ0n) is 17.3. The molecule has 0 bridgehead atoms. The second kappa shape index (κ2) is 8.39. The van der Waals surface area contributed by atoms with Gasteiger partial charge in [-0.05, 0) is 38.2 Å². The minimum Gasteiger partial charge on any atom is -0.497 e. The van der Waals surface area contributed by atoms with E-state index in [2.05, 4.69) is 10.3 Å². The van der Waals surface area contributed by atoms with Crippen molar-refractivity contribution in [3.8, 4) is 11.5 Å². The van der Waals surface area contributed by atoms with E-state index in [9.17, 15) is 4.79 Å². The molecule has 7 nitrogen and oxygen atoms in total. The van der Waals surface area contributed by atoms with Crippen molar-refractivity contribution in [2.45, 2.75) is 57.2 Å². The molecule has 1 heterocycles. The van der Waals surface area contributed by atoms with Crippen molar-refractivity contribution < 1.29 is 14.3 Å². The standard InChI is InChI=1S/C21H32N4O3/c1-21(19(26)25(2)20(22)24-21)12-14-6-5-7-16(10-14)23-13-15-8-9-17(27-3)11-18(15)28-4/h8-9,11,14,16,23H,5-7,10,12-13H2,1-4H3,(H2,22,24)/t14-,16-,21+/m0/s1. The molecule has 0 aromatic heterocycles. The number of carbonyl (C=O) groups is 1. The molecule has 3 atom stereocenters. The van der Waals surface area contributed by atoms with Crippen molar-refractivity contribution in [3.63, 3.8) is 0 Å². The predicted molar refractivity (Wildman–Crippen MR) is 110 cm³/mol. The quantitative estimate of drug-likeness (QED) is 0.748. The van der Waals surface area contributed by atoms with Crippen LogP contribution < -0.4 is 20.5 Å². The number of hydrogen-bond donors (Lipinski definition) is 2. The number of aliphatic imine (C=N–C) groups is 1. The van der Waals surface area contributed by atoms with Gasteiger partial charge in [0.05, 0.1) is 14.2 Å². The van der Waals surface area contributed by atoms with Gasteiger partial charge in [0, 0.05) is 31.3 Å². The van der Waals surface area contributed by atoms with Crippen LogP contribution in [0.25, 0.3) is 0 Å². The molecule has 1 fully saturated rings. The number of likely N-dealkylation sites (N-methyl/N-ethyl adjacent to an activating group) is 1. The highest BCUT2D eigenvalue weighted by molar-refractivity contribution is 6.06. The van der Waals surface area contributed by atoms with E-state index in [1.807, 2.05) is 25.1 Å². The SMILES string of the molecule is COc1ccc(CN[C@H]2CCC[C@H](C[C@@]3(C)N=C(N)N(C)C3=O)C2)c(OC)c1. The van der Waals surface area contributed by atoms with Gasteiger partial charge in [-0.1, -0.05) is 18.9 Å². The second-order valence-electron chi connectivity index (χ2n) is 8.10. The maximum absolute atomic E-state index is 12.5. The topological polar surface area (TPSA) is 89.2 Å². The first-order valence-electron chi connectivity index (χ1n) is 9.94. The average Bonchev–Trinajstić information content (AvgIpc) is 2.89. The Morgan fingerprint density at radius 1 is 1.32 bits per heavy atom. The molecule has 0 spiro atoms. The summed E-state index contributed by atoms with van der Waals surface area (Å²) in [5, 5.41) is 3.67. The number of nitrogens with one attached hydrogen (secondary N) is 1. The molecule has 1 aliphatic carbocycles. The van der Waals surface area contributed by atoms with Gasteiger partial charge in [-0.2, -0.15) is 0 Å². The Morgan fingerprint density at radius 3 is 2.75 bits per heavy atom. The summed E-state index contributed by atoms with van der Waals surface area (Å²) in [6.45, 7) is 2.65. The molecule has 28 heavy (non-hydrogen) atoms. The Hall–Kier alpha value is -2.28. The molecule has 3 N–H and O–H groups in total. The summed E-state index contributed by atoms with van der Waals surface area (Å²) in [7, 11) is 5.03. The third-order valence-electron chi connectivity index (χ3n) is 6.01. The van der Waals surface area contributed by atoms with Crippen molar-refractivity contribution >= 4 is 11.9 Å². The molecule has 0 unspecified atom stereocenters. The van der Waals surface area contributed by atoms with Gasteiger partial charge >= 0.3 is 0 Å². The number of methoxy groups -OCH3 is 2. The van der Waals surface area contributed by atoms with Gasteiger partial charge in [0.2, 0.25) is 0 Å². The van der Waals surface area contributed by atoms with E-state index in [0.717, 1.165) is 55.7 Å². The first kappa shape index (κ1) is 20.5. The van der Waals surface area contributed by atoms with Gasteiger partial charge in [0.25, 0.3) is 5.91 Å². The van der Waals surface area contributed by atoms with Crippen molar-refractivity contribution in [2.75, 3.05) is 21.3 Å². The predicted octanol–water partition coefficient (Wildman–Crippen LogP) is 2.29. The molecule has 1 aliphatic heterocycles. The third kappa shape index (κ3) is 4.24. The lowest BCUT2D eigenvalue weighted by Gasteiger charge is -2.33. The molecule has 7 heteroatoms. The van der Waals surface area contributed by atoms with Crippen LogP contribution in [0, 0.1) is 5.92 Å². The number of benzene rings is 1. The minimum atomic E-state index is -0.718. The van der Waals surface area contributed by atoms with Crippen LogP contribution in [-0.4, -0.2) is 49.6 Å². The number of rotatable bonds is 7. The van der Waals surface area contributed by atoms with Crippen molar-refractivity contribution in [2.24, 2.45) is 16.6 Å². The van der Waals surface area contributed by atoms with E-state index < -0.39 is 5.54 Å². The van der Waals surface area contributed by atoms with E-state index in [0.29, 0.717) is 17.9 Å². The highest BCUT2D eigenvalue weighted by atomic mass is 16.5. The minimum absolute atomic E-state index is 0.00283. The van der Waals surface area contributed by atoms with Crippen LogP contribution in [0.5, 0.6) is 11.5 Å². The van der Waals surface area contributed by atoms with Gasteiger partial charge in [-0.15, -0.1) is 0 Å². The molecule has 1 aromatic rings. The Bertz CT molecular complexity index is 751. The number of carbonyl (C=O) groups excluding carboxylic acids is 1. The summed E-state index contributed by atoms with van der Waals surface area (Å²) in [5.41, 5.74) is 6.25. The van der Waals surface area contributed by atoms with Crippen LogP contribution in [0.15, 0.2) is 23.2 Å². The number of guanidine groups is 1. The Morgan fingerprint density at radius 2 is 2.11 bits per heavy atom. The van der Waals surface area contributed by atoms with Gasteiger partial charge in [-0.25, -0.2) is 4.99 Å². The first-order chi connectivity index (χ1) is 13.4. The van der Waals surface area contributed by atoms with E-state index >= 15 is 0 Å². The van der Waals surface area contributed by atoms with Gasteiger partial charge < -0.3 is 20.5 Å². The maximum atomic E-state index is 12.5. The molecular formula is C21H32N4O3.